The van der Waals surface area contributed by atoms with Crippen molar-refractivity contribution in [3.63, 3.8) is 0 Å². The maximum atomic E-state index is 14.5. The molecule has 4 rings (SSSR count). The highest BCUT2D eigenvalue weighted by Crippen LogP contribution is 2.35. The standard InChI is InChI=1S/C34H35Cl2N3O5S/c1-24(2)37-34(41)31(20-25-11-6-4-7-12-25)38(22-26-13-10-14-27(35)19-26)33(40)23-39(30-21-28(36)17-18-32(30)44-3)45(42,43)29-15-8-5-9-16-29/h4-19,21,24,31H,20,22-23H2,1-3H3,(H,37,41). The first-order valence-electron chi connectivity index (χ1n) is 14.3. The Labute approximate surface area is 274 Å². The number of carbonyl (C=O) groups excluding carboxylic acids is 2. The lowest BCUT2D eigenvalue weighted by Gasteiger charge is -2.34. The molecule has 0 heterocycles. The number of benzene rings is 4. The molecule has 1 N–H and O–H groups in total. The van der Waals surface area contributed by atoms with Crippen LogP contribution in [0.25, 0.3) is 0 Å². The van der Waals surface area contributed by atoms with Gasteiger partial charge in [0, 0.05) is 29.1 Å². The van der Waals surface area contributed by atoms with Gasteiger partial charge >= 0.3 is 0 Å². The Hall–Kier alpha value is -4.05. The van der Waals surface area contributed by atoms with E-state index in [9.17, 15) is 18.0 Å². The summed E-state index contributed by atoms with van der Waals surface area (Å²) in [5.74, 6) is -0.787. The highest BCUT2D eigenvalue weighted by molar-refractivity contribution is 7.92. The summed E-state index contributed by atoms with van der Waals surface area (Å²) in [4.78, 5) is 29.7. The number of hydrogen-bond acceptors (Lipinski definition) is 5. The van der Waals surface area contributed by atoms with Crippen molar-refractivity contribution in [1.82, 2.24) is 10.2 Å². The summed E-state index contributed by atoms with van der Waals surface area (Å²) in [7, 11) is -2.91. The minimum Gasteiger partial charge on any atom is -0.495 e. The number of hydrogen-bond donors (Lipinski definition) is 1. The van der Waals surface area contributed by atoms with Crippen molar-refractivity contribution in [1.29, 1.82) is 0 Å². The summed E-state index contributed by atoms with van der Waals surface area (Å²) in [5.41, 5.74) is 1.58. The van der Waals surface area contributed by atoms with Gasteiger partial charge in [-0.1, -0.05) is 83.9 Å². The lowest BCUT2D eigenvalue weighted by molar-refractivity contribution is -0.140. The Kier molecular flexibility index (Phi) is 11.5. The number of sulfonamides is 1. The van der Waals surface area contributed by atoms with Crippen LogP contribution in [0.2, 0.25) is 10.0 Å². The van der Waals surface area contributed by atoms with Crippen LogP contribution in [0.1, 0.15) is 25.0 Å². The van der Waals surface area contributed by atoms with E-state index in [4.69, 9.17) is 27.9 Å². The van der Waals surface area contributed by atoms with E-state index in [1.165, 1.54) is 36.3 Å². The van der Waals surface area contributed by atoms with Crippen molar-refractivity contribution >= 4 is 50.7 Å². The summed E-state index contributed by atoms with van der Waals surface area (Å²) in [6.45, 7) is 3.02. The molecule has 0 bridgehead atoms. The van der Waals surface area contributed by atoms with Crippen LogP contribution >= 0.6 is 23.2 Å². The average Bonchev–Trinajstić information content (AvgIpc) is 3.02. The quantitative estimate of drug-likeness (QED) is 0.179. The van der Waals surface area contributed by atoms with Crippen LogP contribution in [0.5, 0.6) is 5.75 Å². The number of methoxy groups -OCH3 is 1. The highest BCUT2D eigenvalue weighted by atomic mass is 35.5. The molecule has 2 amide bonds. The van der Waals surface area contributed by atoms with Crippen molar-refractivity contribution in [3.05, 3.63) is 124 Å². The summed E-state index contributed by atoms with van der Waals surface area (Å²) in [6, 6.07) is 27.4. The van der Waals surface area contributed by atoms with E-state index >= 15 is 0 Å². The van der Waals surface area contributed by atoms with E-state index in [2.05, 4.69) is 5.32 Å². The molecule has 0 aliphatic rings. The molecule has 4 aromatic rings. The fourth-order valence-corrected chi connectivity index (χ4v) is 6.67. The maximum absolute atomic E-state index is 14.5. The van der Waals surface area contributed by atoms with E-state index < -0.39 is 28.5 Å². The molecular weight excluding hydrogens is 633 g/mol. The number of rotatable bonds is 13. The van der Waals surface area contributed by atoms with Gasteiger partial charge in [0.25, 0.3) is 10.0 Å². The molecule has 45 heavy (non-hydrogen) atoms. The third-order valence-electron chi connectivity index (χ3n) is 6.96. The first-order valence-corrected chi connectivity index (χ1v) is 16.5. The Morgan fingerprint density at radius 2 is 1.44 bits per heavy atom. The van der Waals surface area contributed by atoms with Crippen LogP contribution in [-0.2, 0) is 32.6 Å². The molecule has 0 saturated heterocycles. The van der Waals surface area contributed by atoms with Gasteiger partial charge in [-0.15, -0.1) is 0 Å². The molecule has 236 valence electrons. The smallest absolute Gasteiger partial charge is 0.264 e. The predicted molar refractivity (Wildman–Crippen MR) is 178 cm³/mol. The van der Waals surface area contributed by atoms with Gasteiger partial charge in [-0.25, -0.2) is 8.42 Å². The van der Waals surface area contributed by atoms with Crippen LogP contribution in [0, 0.1) is 0 Å². The first-order chi connectivity index (χ1) is 21.5. The fraction of sp³-hybridized carbons (Fsp3) is 0.235. The average molecular weight is 669 g/mol. The number of nitrogens with one attached hydrogen (secondary N) is 1. The Balaban J connectivity index is 1.85. The van der Waals surface area contributed by atoms with E-state index in [0.717, 1.165) is 9.87 Å². The Bertz CT molecular complexity index is 1720. The minimum absolute atomic E-state index is 0.00564. The number of ether oxygens (including phenoxy) is 1. The zero-order valence-electron chi connectivity index (χ0n) is 25.2. The summed E-state index contributed by atoms with van der Waals surface area (Å²) in [5, 5.41) is 3.65. The molecule has 0 radical (unpaired) electrons. The van der Waals surface area contributed by atoms with Crippen molar-refractivity contribution in [2.45, 2.75) is 43.8 Å². The maximum Gasteiger partial charge on any atom is 0.264 e. The van der Waals surface area contributed by atoms with Crippen LogP contribution in [0.15, 0.2) is 108 Å². The van der Waals surface area contributed by atoms with E-state index in [-0.39, 0.29) is 46.3 Å². The second-order valence-corrected chi connectivity index (χ2v) is 13.4. The van der Waals surface area contributed by atoms with Crippen molar-refractivity contribution in [2.24, 2.45) is 0 Å². The molecular formula is C34H35Cl2N3O5S. The zero-order valence-corrected chi connectivity index (χ0v) is 27.5. The van der Waals surface area contributed by atoms with E-state index in [1.807, 2.05) is 44.2 Å². The van der Waals surface area contributed by atoms with Crippen molar-refractivity contribution in [2.75, 3.05) is 18.0 Å². The van der Waals surface area contributed by atoms with Gasteiger partial charge in [0.2, 0.25) is 11.8 Å². The number of amides is 2. The molecule has 4 aromatic carbocycles. The molecule has 0 saturated carbocycles. The molecule has 11 heteroatoms. The molecule has 8 nitrogen and oxygen atoms in total. The monoisotopic (exact) mass is 667 g/mol. The molecule has 0 fully saturated rings. The number of carbonyl (C=O) groups is 2. The second kappa shape index (κ2) is 15.3. The third kappa shape index (κ3) is 8.78. The minimum atomic E-state index is -4.31. The van der Waals surface area contributed by atoms with Gasteiger partial charge in [-0.2, -0.15) is 0 Å². The van der Waals surface area contributed by atoms with Crippen LogP contribution in [-0.4, -0.2) is 50.9 Å². The number of halogens is 2. The summed E-state index contributed by atoms with van der Waals surface area (Å²) >= 11 is 12.6. The van der Waals surface area contributed by atoms with E-state index in [1.54, 1.807) is 48.5 Å². The van der Waals surface area contributed by atoms with Gasteiger partial charge in [-0.05, 0) is 67.4 Å². The van der Waals surface area contributed by atoms with Gasteiger partial charge in [0.1, 0.15) is 18.3 Å². The first kappa shape index (κ1) is 33.8. The lowest BCUT2D eigenvalue weighted by Crippen LogP contribution is -2.54. The van der Waals surface area contributed by atoms with Gasteiger partial charge in [0.15, 0.2) is 0 Å². The summed E-state index contributed by atoms with van der Waals surface area (Å²) in [6.07, 6.45) is 0.192. The van der Waals surface area contributed by atoms with Crippen LogP contribution < -0.4 is 14.4 Å². The molecule has 1 unspecified atom stereocenters. The second-order valence-electron chi connectivity index (χ2n) is 10.7. The SMILES string of the molecule is COc1ccc(Cl)cc1N(CC(=O)N(Cc1cccc(Cl)c1)C(Cc1ccccc1)C(=O)NC(C)C)S(=O)(=O)c1ccccc1. The number of anilines is 1. The number of nitrogens with zero attached hydrogens (tertiary/aromatic N) is 2. The van der Waals surface area contributed by atoms with Crippen LogP contribution in [0.4, 0.5) is 5.69 Å². The third-order valence-corrected chi connectivity index (χ3v) is 9.21. The van der Waals surface area contributed by atoms with Gasteiger partial charge in [0.05, 0.1) is 17.7 Å². The fourth-order valence-electron chi connectivity index (χ4n) is 4.86. The van der Waals surface area contributed by atoms with Crippen molar-refractivity contribution in [3.8, 4) is 5.75 Å². The molecule has 0 aliphatic carbocycles. The molecule has 1 atom stereocenters. The Morgan fingerprint density at radius 3 is 2.07 bits per heavy atom. The summed E-state index contributed by atoms with van der Waals surface area (Å²) < 4.78 is 34.8. The van der Waals surface area contributed by atoms with Gasteiger partial charge in [-0.3, -0.25) is 13.9 Å². The topological polar surface area (TPSA) is 96.0 Å². The van der Waals surface area contributed by atoms with Crippen molar-refractivity contribution < 1.29 is 22.7 Å². The molecule has 0 aliphatic heterocycles. The lowest BCUT2D eigenvalue weighted by atomic mass is 10.0. The Morgan fingerprint density at radius 1 is 0.822 bits per heavy atom. The predicted octanol–water partition coefficient (Wildman–Crippen LogP) is 6.36. The van der Waals surface area contributed by atoms with Gasteiger partial charge < -0.3 is 15.0 Å². The van der Waals surface area contributed by atoms with Crippen LogP contribution in [0.3, 0.4) is 0 Å². The van der Waals surface area contributed by atoms with E-state index in [0.29, 0.717) is 10.6 Å². The molecule has 0 spiro atoms. The largest absolute Gasteiger partial charge is 0.495 e. The normalized spacial score (nSPS) is 12.0. The highest BCUT2D eigenvalue weighted by Gasteiger charge is 2.35. The molecule has 0 aromatic heterocycles. The zero-order chi connectivity index (χ0) is 32.6.